The van der Waals surface area contributed by atoms with E-state index >= 15 is 0 Å². The molecule has 0 aliphatic heterocycles. The second-order valence-electron chi connectivity index (χ2n) is 6.15. The Morgan fingerprint density at radius 1 is 1.33 bits per heavy atom. The zero-order valence-electron chi connectivity index (χ0n) is 13.1. The van der Waals surface area contributed by atoms with Crippen molar-refractivity contribution >= 4 is 11.4 Å². The minimum Gasteiger partial charge on any atom is -0.382 e. The molecule has 0 heterocycles. The van der Waals surface area contributed by atoms with E-state index in [4.69, 9.17) is 0 Å². The van der Waals surface area contributed by atoms with E-state index in [2.05, 4.69) is 24.2 Å². The summed E-state index contributed by atoms with van der Waals surface area (Å²) in [6.45, 7) is 3.06. The molecule has 0 bridgehead atoms. The van der Waals surface area contributed by atoms with Crippen LogP contribution in [-0.2, 0) is 6.54 Å². The van der Waals surface area contributed by atoms with Gasteiger partial charge in [-0.25, -0.2) is 0 Å². The molecular formula is C16H25N3O2. The lowest BCUT2D eigenvalue weighted by atomic mass is 9.86. The molecule has 0 amide bonds. The van der Waals surface area contributed by atoms with Crippen LogP contribution in [0.2, 0.25) is 0 Å². The Hall–Kier alpha value is -1.62. The number of nitro groups is 1. The molecule has 1 aromatic carbocycles. The van der Waals surface area contributed by atoms with Crippen LogP contribution in [0, 0.1) is 16.0 Å². The first-order valence-electron chi connectivity index (χ1n) is 7.67. The van der Waals surface area contributed by atoms with Gasteiger partial charge in [-0.1, -0.05) is 19.1 Å². The number of hydrogen-bond donors (Lipinski definition) is 1. The second-order valence-corrected chi connectivity index (χ2v) is 6.15. The number of benzene rings is 1. The molecule has 1 N–H and O–H groups in total. The summed E-state index contributed by atoms with van der Waals surface area (Å²) in [4.78, 5) is 13.1. The largest absolute Gasteiger partial charge is 0.382 e. The normalized spacial score (nSPS) is 22.3. The van der Waals surface area contributed by atoms with Crippen molar-refractivity contribution in [2.75, 3.05) is 19.4 Å². The number of anilines is 1. The highest BCUT2D eigenvalue weighted by Gasteiger charge is 2.23. The van der Waals surface area contributed by atoms with Crippen molar-refractivity contribution in [3.8, 4) is 0 Å². The van der Waals surface area contributed by atoms with Gasteiger partial charge >= 0.3 is 0 Å². The van der Waals surface area contributed by atoms with Crippen LogP contribution in [0.3, 0.4) is 0 Å². The Morgan fingerprint density at radius 3 is 2.57 bits per heavy atom. The fraction of sp³-hybridized carbons (Fsp3) is 0.625. The van der Waals surface area contributed by atoms with E-state index in [1.165, 1.54) is 25.7 Å². The third-order valence-corrected chi connectivity index (χ3v) is 4.60. The molecule has 1 aliphatic carbocycles. The molecule has 1 saturated carbocycles. The summed E-state index contributed by atoms with van der Waals surface area (Å²) >= 11 is 0. The lowest BCUT2D eigenvalue weighted by Crippen LogP contribution is -2.34. The van der Waals surface area contributed by atoms with E-state index in [-0.39, 0.29) is 10.6 Å². The van der Waals surface area contributed by atoms with E-state index in [9.17, 15) is 10.1 Å². The summed E-state index contributed by atoms with van der Waals surface area (Å²) in [5, 5.41) is 14.1. The number of nitrogens with one attached hydrogen (secondary N) is 1. The van der Waals surface area contributed by atoms with Crippen LogP contribution >= 0.6 is 0 Å². The molecule has 0 atom stereocenters. The average molecular weight is 291 g/mol. The quantitative estimate of drug-likeness (QED) is 0.664. The van der Waals surface area contributed by atoms with Gasteiger partial charge in [-0.05, 0) is 44.2 Å². The van der Waals surface area contributed by atoms with Crippen LogP contribution < -0.4 is 5.32 Å². The molecule has 2 rings (SSSR count). The fourth-order valence-corrected chi connectivity index (χ4v) is 3.24. The van der Waals surface area contributed by atoms with Gasteiger partial charge in [0.25, 0.3) is 5.69 Å². The monoisotopic (exact) mass is 291 g/mol. The molecule has 1 aromatic rings. The molecule has 0 spiro atoms. The van der Waals surface area contributed by atoms with Crippen LogP contribution in [0.25, 0.3) is 0 Å². The van der Waals surface area contributed by atoms with Gasteiger partial charge in [0, 0.05) is 25.7 Å². The van der Waals surface area contributed by atoms with E-state index in [0.717, 1.165) is 18.0 Å². The van der Waals surface area contributed by atoms with E-state index < -0.39 is 0 Å². The first-order chi connectivity index (χ1) is 10.0. The first kappa shape index (κ1) is 15.8. The highest BCUT2D eigenvalue weighted by molar-refractivity contribution is 5.66. The molecule has 0 unspecified atom stereocenters. The molecule has 0 saturated heterocycles. The van der Waals surface area contributed by atoms with Crippen molar-refractivity contribution in [2.24, 2.45) is 5.92 Å². The maximum Gasteiger partial charge on any atom is 0.292 e. The molecule has 1 aliphatic rings. The molecule has 5 heteroatoms. The third-order valence-electron chi connectivity index (χ3n) is 4.60. The van der Waals surface area contributed by atoms with Gasteiger partial charge < -0.3 is 5.32 Å². The van der Waals surface area contributed by atoms with E-state index in [0.29, 0.717) is 11.7 Å². The summed E-state index contributed by atoms with van der Waals surface area (Å²) in [6, 6.07) is 5.88. The Labute approximate surface area is 126 Å². The number of nitrogens with zero attached hydrogens (tertiary/aromatic N) is 2. The average Bonchev–Trinajstić information content (AvgIpc) is 2.47. The Balaban J connectivity index is 2.12. The predicted octanol–water partition coefficient (Wildman–Crippen LogP) is 3.65. The standard InChI is InChI=1S/C16H25N3O2/c1-12-7-9-14(10-8-12)18(3)11-13-5-4-6-15(19(20)21)16(13)17-2/h4-6,12,14,17H,7-11H2,1-3H3. The minimum absolute atomic E-state index is 0.153. The van der Waals surface area contributed by atoms with Gasteiger partial charge in [0.15, 0.2) is 0 Å². The first-order valence-corrected chi connectivity index (χ1v) is 7.67. The fourth-order valence-electron chi connectivity index (χ4n) is 3.24. The predicted molar refractivity (Wildman–Crippen MR) is 85.5 cm³/mol. The van der Waals surface area contributed by atoms with Gasteiger partial charge in [0.05, 0.1) is 4.92 Å². The number of hydrogen-bond acceptors (Lipinski definition) is 4. The smallest absolute Gasteiger partial charge is 0.292 e. The summed E-state index contributed by atoms with van der Waals surface area (Å²) < 4.78 is 0. The molecule has 0 radical (unpaired) electrons. The van der Waals surface area contributed by atoms with Crippen molar-refractivity contribution in [1.29, 1.82) is 0 Å². The zero-order chi connectivity index (χ0) is 15.4. The van der Waals surface area contributed by atoms with Crippen molar-refractivity contribution in [3.05, 3.63) is 33.9 Å². The minimum atomic E-state index is -0.322. The molecule has 0 aromatic heterocycles. The van der Waals surface area contributed by atoms with Gasteiger partial charge in [-0.3, -0.25) is 15.0 Å². The van der Waals surface area contributed by atoms with Crippen LogP contribution in [0.5, 0.6) is 0 Å². The highest BCUT2D eigenvalue weighted by Crippen LogP contribution is 2.31. The van der Waals surface area contributed by atoms with Gasteiger partial charge in [-0.2, -0.15) is 0 Å². The zero-order valence-corrected chi connectivity index (χ0v) is 13.1. The maximum atomic E-state index is 11.1. The molecule has 116 valence electrons. The molecule has 21 heavy (non-hydrogen) atoms. The number of para-hydroxylation sites is 1. The summed E-state index contributed by atoms with van der Waals surface area (Å²) in [5.74, 6) is 0.834. The number of nitro benzene ring substituents is 1. The van der Waals surface area contributed by atoms with E-state index in [1.54, 1.807) is 19.2 Å². The van der Waals surface area contributed by atoms with Crippen molar-refractivity contribution in [1.82, 2.24) is 4.90 Å². The summed E-state index contributed by atoms with van der Waals surface area (Å²) in [6.07, 6.45) is 5.01. The lowest BCUT2D eigenvalue weighted by molar-refractivity contribution is -0.384. The van der Waals surface area contributed by atoms with Crippen molar-refractivity contribution in [2.45, 2.75) is 45.2 Å². The Morgan fingerprint density at radius 2 is 2.00 bits per heavy atom. The Bertz CT molecular complexity index is 496. The van der Waals surface area contributed by atoms with Crippen LogP contribution in [-0.4, -0.2) is 30.0 Å². The lowest BCUT2D eigenvalue weighted by Gasteiger charge is -2.33. The number of rotatable bonds is 5. The summed E-state index contributed by atoms with van der Waals surface area (Å²) in [7, 11) is 3.87. The molecule has 1 fully saturated rings. The topological polar surface area (TPSA) is 58.4 Å². The SMILES string of the molecule is CNc1c(CN(C)C2CCC(C)CC2)cccc1[N+](=O)[O-]. The summed E-state index contributed by atoms with van der Waals surface area (Å²) in [5.41, 5.74) is 1.78. The van der Waals surface area contributed by atoms with Crippen molar-refractivity contribution in [3.63, 3.8) is 0 Å². The van der Waals surface area contributed by atoms with Crippen LogP contribution in [0.1, 0.15) is 38.2 Å². The van der Waals surface area contributed by atoms with Gasteiger partial charge in [0.2, 0.25) is 0 Å². The second kappa shape index (κ2) is 6.89. The molecular weight excluding hydrogens is 266 g/mol. The maximum absolute atomic E-state index is 11.1. The van der Waals surface area contributed by atoms with Crippen LogP contribution in [0.15, 0.2) is 18.2 Å². The Kier molecular flexibility index (Phi) is 5.17. The van der Waals surface area contributed by atoms with E-state index in [1.807, 2.05) is 6.07 Å². The van der Waals surface area contributed by atoms with Gasteiger partial charge in [-0.15, -0.1) is 0 Å². The van der Waals surface area contributed by atoms with Crippen molar-refractivity contribution < 1.29 is 4.92 Å². The van der Waals surface area contributed by atoms with Crippen LogP contribution in [0.4, 0.5) is 11.4 Å². The molecule has 5 nitrogen and oxygen atoms in total. The highest BCUT2D eigenvalue weighted by atomic mass is 16.6. The third kappa shape index (κ3) is 3.73. The van der Waals surface area contributed by atoms with Gasteiger partial charge in [0.1, 0.15) is 5.69 Å².